The van der Waals surface area contributed by atoms with Gasteiger partial charge in [-0.15, -0.1) is 11.8 Å². The van der Waals surface area contributed by atoms with Crippen LogP contribution in [0.1, 0.15) is 19.4 Å². The van der Waals surface area contributed by atoms with Crippen molar-refractivity contribution in [1.82, 2.24) is 0 Å². The molecule has 0 bridgehead atoms. The van der Waals surface area contributed by atoms with Crippen LogP contribution in [0.3, 0.4) is 0 Å². The monoisotopic (exact) mass is 239 g/mol. The van der Waals surface area contributed by atoms with Gasteiger partial charge in [-0.1, -0.05) is 12.1 Å². The van der Waals surface area contributed by atoms with Gasteiger partial charge < -0.3 is 10.8 Å². The minimum atomic E-state index is -0.769. The second kappa shape index (κ2) is 5.37. The van der Waals surface area contributed by atoms with E-state index < -0.39 is 11.4 Å². The zero-order valence-corrected chi connectivity index (χ0v) is 10.4. The van der Waals surface area contributed by atoms with Crippen LogP contribution in [0.15, 0.2) is 29.2 Å². The van der Waals surface area contributed by atoms with Crippen molar-refractivity contribution in [3.8, 4) is 0 Å². The number of thioether (sulfide) groups is 1. The number of hydrogen-bond acceptors (Lipinski definition) is 3. The van der Waals surface area contributed by atoms with Crippen LogP contribution in [0.2, 0.25) is 0 Å². The summed E-state index contributed by atoms with van der Waals surface area (Å²) in [6.45, 7) is 3.97. The average molecular weight is 239 g/mol. The van der Waals surface area contributed by atoms with Crippen molar-refractivity contribution < 1.29 is 9.90 Å². The SMILES string of the molecule is CC(C)(CSc1cccc(CN)c1)C(=O)O. The summed E-state index contributed by atoms with van der Waals surface area (Å²) >= 11 is 1.55. The minimum Gasteiger partial charge on any atom is -0.481 e. The van der Waals surface area contributed by atoms with E-state index in [0.29, 0.717) is 12.3 Å². The van der Waals surface area contributed by atoms with Crippen molar-refractivity contribution in [2.45, 2.75) is 25.3 Å². The molecule has 0 saturated carbocycles. The highest BCUT2D eigenvalue weighted by molar-refractivity contribution is 7.99. The van der Waals surface area contributed by atoms with Gasteiger partial charge in [0.2, 0.25) is 0 Å². The van der Waals surface area contributed by atoms with Crippen LogP contribution in [0.4, 0.5) is 0 Å². The molecule has 88 valence electrons. The largest absolute Gasteiger partial charge is 0.481 e. The van der Waals surface area contributed by atoms with E-state index in [1.807, 2.05) is 24.3 Å². The predicted octanol–water partition coefficient (Wildman–Crippen LogP) is 2.35. The summed E-state index contributed by atoms with van der Waals surface area (Å²) in [7, 11) is 0. The first-order valence-corrected chi connectivity index (χ1v) is 6.09. The molecule has 0 radical (unpaired) electrons. The van der Waals surface area contributed by atoms with Crippen LogP contribution in [-0.4, -0.2) is 16.8 Å². The van der Waals surface area contributed by atoms with Gasteiger partial charge in [-0.25, -0.2) is 0 Å². The molecule has 1 aromatic carbocycles. The molecule has 1 rings (SSSR count). The van der Waals surface area contributed by atoms with Crippen LogP contribution in [0.5, 0.6) is 0 Å². The van der Waals surface area contributed by atoms with Gasteiger partial charge in [0.05, 0.1) is 5.41 Å². The van der Waals surface area contributed by atoms with Crippen molar-refractivity contribution >= 4 is 17.7 Å². The number of carboxylic acid groups (broad SMARTS) is 1. The maximum atomic E-state index is 10.9. The Kier molecular flexibility index (Phi) is 4.38. The first kappa shape index (κ1) is 13.1. The van der Waals surface area contributed by atoms with Crippen LogP contribution < -0.4 is 5.73 Å². The van der Waals surface area contributed by atoms with Crippen LogP contribution in [-0.2, 0) is 11.3 Å². The van der Waals surface area contributed by atoms with E-state index in [-0.39, 0.29) is 0 Å². The number of nitrogens with two attached hydrogens (primary N) is 1. The standard InChI is InChI=1S/C12H17NO2S/c1-12(2,11(14)15)8-16-10-5-3-4-9(6-10)7-13/h3-6H,7-8,13H2,1-2H3,(H,14,15). The number of carboxylic acids is 1. The Morgan fingerprint density at radius 3 is 2.75 bits per heavy atom. The van der Waals surface area contributed by atoms with E-state index in [2.05, 4.69) is 0 Å². The fourth-order valence-corrected chi connectivity index (χ4v) is 2.15. The molecule has 0 unspecified atom stereocenters. The molecule has 0 aliphatic rings. The van der Waals surface area contributed by atoms with Gasteiger partial charge in [0.25, 0.3) is 0 Å². The first-order chi connectivity index (χ1) is 7.45. The number of benzene rings is 1. The van der Waals surface area contributed by atoms with E-state index in [9.17, 15) is 4.79 Å². The molecule has 0 heterocycles. The summed E-state index contributed by atoms with van der Waals surface area (Å²) in [4.78, 5) is 12.0. The number of hydrogen-bond donors (Lipinski definition) is 2. The summed E-state index contributed by atoms with van der Waals surface area (Å²) in [6, 6.07) is 7.88. The van der Waals surface area contributed by atoms with Gasteiger partial charge in [-0.05, 0) is 31.5 Å². The summed E-state index contributed by atoms with van der Waals surface area (Å²) in [5.41, 5.74) is 5.91. The van der Waals surface area contributed by atoms with Crippen molar-refractivity contribution in [3.05, 3.63) is 29.8 Å². The van der Waals surface area contributed by atoms with Gasteiger partial charge in [0.1, 0.15) is 0 Å². The Balaban J connectivity index is 2.64. The fourth-order valence-electron chi connectivity index (χ4n) is 1.09. The molecule has 0 fully saturated rings. The summed E-state index contributed by atoms with van der Waals surface area (Å²) in [6.07, 6.45) is 0. The highest BCUT2D eigenvalue weighted by Crippen LogP contribution is 2.28. The van der Waals surface area contributed by atoms with E-state index in [1.165, 1.54) is 0 Å². The Morgan fingerprint density at radius 2 is 2.19 bits per heavy atom. The molecule has 1 aromatic rings. The second-order valence-corrected chi connectivity index (χ2v) is 5.38. The van der Waals surface area contributed by atoms with Crippen molar-refractivity contribution in [2.24, 2.45) is 11.1 Å². The second-order valence-electron chi connectivity index (χ2n) is 4.33. The number of rotatable bonds is 5. The quantitative estimate of drug-likeness (QED) is 0.774. The summed E-state index contributed by atoms with van der Waals surface area (Å²) in [5.74, 6) is -0.217. The summed E-state index contributed by atoms with van der Waals surface area (Å²) in [5, 5.41) is 8.99. The zero-order chi connectivity index (χ0) is 12.2. The van der Waals surface area contributed by atoms with Crippen molar-refractivity contribution in [3.63, 3.8) is 0 Å². The van der Waals surface area contributed by atoms with Crippen LogP contribution in [0, 0.1) is 5.41 Å². The lowest BCUT2D eigenvalue weighted by Crippen LogP contribution is -2.26. The molecule has 0 aliphatic heterocycles. The number of aliphatic carboxylic acids is 1. The van der Waals surface area contributed by atoms with E-state index in [0.717, 1.165) is 10.5 Å². The third kappa shape index (κ3) is 3.54. The fraction of sp³-hybridized carbons (Fsp3) is 0.417. The van der Waals surface area contributed by atoms with E-state index in [1.54, 1.807) is 25.6 Å². The van der Waals surface area contributed by atoms with Gasteiger partial charge in [0.15, 0.2) is 0 Å². The molecular weight excluding hydrogens is 222 g/mol. The Morgan fingerprint density at radius 1 is 1.50 bits per heavy atom. The highest BCUT2D eigenvalue weighted by atomic mass is 32.2. The molecule has 4 heteroatoms. The minimum absolute atomic E-state index is 0.511. The molecule has 0 aromatic heterocycles. The Bertz CT molecular complexity index is 377. The Labute approximate surface area is 100 Å². The summed E-state index contributed by atoms with van der Waals surface area (Å²) < 4.78 is 0. The molecule has 3 nitrogen and oxygen atoms in total. The van der Waals surface area contributed by atoms with E-state index >= 15 is 0 Å². The molecule has 16 heavy (non-hydrogen) atoms. The van der Waals surface area contributed by atoms with Gasteiger partial charge in [0, 0.05) is 17.2 Å². The highest BCUT2D eigenvalue weighted by Gasteiger charge is 2.26. The normalized spacial score (nSPS) is 11.4. The topological polar surface area (TPSA) is 63.3 Å². The number of carbonyl (C=O) groups is 1. The molecule has 0 amide bonds. The molecule has 0 atom stereocenters. The maximum Gasteiger partial charge on any atom is 0.309 e. The third-order valence-corrected chi connectivity index (χ3v) is 3.77. The maximum absolute atomic E-state index is 10.9. The lowest BCUT2D eigenvalue weighted by atomic mass is 9.97. The van der Waals surface area contributed by atoms with Gasteiger partial charge in [-0.3, -0.25) is 4.79 Å². The zero-order valence-electron chi connectivity index (χ0n) is 9.56. The van der Waals surface area contributed by atoms with Crippen LogP contribution in [0.25, 0.3) is 0 Å². The van der Waals surface area contributed by atoms with Gasteiger partial charge >= 0.3 is 5.97 Å². The van der Waals surface area contributed by atoms with Crippen molar-refractivity contribution in [2.75, 3.05) is 5.75 Å². The van der Waals surface area contributed by atoms with Crippen LogP contribution >= 0.6 is 11.8 Å². The molecule has 0 spiro atoms. The molecule has 0 saturated heterocycles. The third-order valence-electron chi connectivity index (χ3n) is 2.31. The lowest BCUT2D eigenvalue weighted by Gasteiger charge is -2.18. The molecular formula is C12H17NO2S. The Hall–Kier alpha value is -1.00. The van der Waals surface area contributed by atoms with Gasteiger partial charge in [-0.2, -0.15) is 0 Å². The molecule has 0 aliphatic carbocycles. The molecule has 3 N–H and O–H groups in total. The smallest absolute Gasteiger partial charge is 0.309 e. The van der Waals surface area contributed by atoms with E-state index in [4.69, 9.17) is 10.8 Å². The van der Waals surface area contributed by atoms with Crippen molar-refractivity contribution in [1.29, 1.82) is 0 Å². The first-order valence-electron chi connectivity index (χ1n) is 5.11. The predicted molar refractivity (Wildman–Crippen MR) is 66.5 cm³/mol. The lowest BCUT2D eigenvalue weighted by molar-refractivity contribution is -0.145. The average Bonchev–Trinajstić information content (AvgIpc) is 2.26.